The van der Waals surface area contributed by atoms with Gasteiger partial charge in [0.25, 0.3) is 0 Å². The number of phenols is 1. The van der Waals surface area contributed by atoms with Gasteiger partial charge >= 0.3 is 0 Å². The summed E-state index contributed by atoms with van der Waals surface area (Å²) in [6, 6.07) is 1.97. The van der Waals surface area contributed by atoms with E-state index in [1.807, 2.05) is 6.07 Å². The van der Waals surface area contributed by atoms with E-state index in [1.54, 1.807) is 0 Å². The molecule has 1 aromatic rings. The summed E-state index contributed by atoms with van der Waals surface area (Å²) < 4.78 is 4.17. The number of aromatic hydroxyl groups is 1. The average molecular weight is 598 g/mol. The molecule has 0 amide bonds. The Morgan fingerprint density at radius 1 is 0.909 bits per heavy atom. The summed E-state index contributed by atoms with van der Waals surface area (Å²) in [5.74, 6) is 0.399. The largest absolute Gasteiger partial charge is 0.506 e. The van der Waals surface area contributed by atoms with Gasteiger partial charge in [-0.3, -0.25) is 0 Å². The van der Waals surface area contributed by atoms with Gasteiger partial charge in [-0.2, -0.15) is 0 Å². The van der Waals surface area contributed by atoms with Crippen molar-refractivity contribution in [3.8, 4) is 5.75 Å². The van der Waals surface area contributed by atoms with Crippen molar-refractivity contribution in [1.82, 2.24) is 0 Å². The van der Waals surface area contributed by atoms with E-state index in [0.717, 1.165) is 10.7 Å². The van der Waals surface area contributed by atoms with Crippen molar-refractivity contribution in [2.45, 2.75) is 0 Å². The normalized spacial score (nSPS) is 10.2. The fraction of sp³-hybridized carbons (Fsp3) is 0. The van der Waals surface area contributed by atoms with Crippen molar-refractivity contribution in [1.29, 1.82) is 0 Å². The van der Waals surface area contributed by atoms with E-state index >= 15 is 0 Å². The molecular formula is C6H2I4O. The Balaban J connectivity index is 3.46. The van der Waals surface area contributed by atoms with Crippen LogP contribution in [0.3, 0.4) is 0 Å². The van der Waals surface area contributed by atoms with Crippen molar-refractivity contribution in [2.75, 3.05) is 0 Å². The molecule has 0 radical (unpaired) electrons. The number of phenolic OH excluding ortho intramolecular Hbond substituents is 1. The summed E-state index contributed by atoms with van der Waals surface area (Å²) in [4.78, 5) is 0. The molecular weight excluding hydrogens is 596 g/mol. The predicted octanol–water partition coefficient (Wildman–Crippen LogP) is 3.81. The third-order valence-electron chi connectivity index (χ3n) is 1.09. The van der Waals surface area contributed by atoms with Gasteiger partial charge in [-0.05, 0) is 96.4 Å². The van der Waals surface area contributed by atoms with E-state index in [-0.39, 0.29) is 0 Å². The van der Waals surface area contributed by atoms with Crippen LogP contribution in [0.5, 0.6) is 5.75 Å². The van der Waals surface area contributed by atoms with E-state index in [9.17, 15) is 5.11 Å². The smallest absolute Gasteiger partial charge is 0.143 e. The van der Waals surface area contributed by atoms with Gasteiger partial charge in [-0.25, -0.2) is 0 Å². The third kappa shape index (κ3) is 2.45. The molecule has 0 unspecified atom stereocenters. The molecule has 5 heteroatoms. The summed E-state index contributed by atoms with van der Waals surface area (Å²) in [5.41, 5.74) is 0. The van der Waals surface area contributed by atoms with Crippen LogP contribution in [-0.2, 0) is 0 Å². The maximum atomic E-state index is 9.49. The van der Waals surface area contributed by atoms with Gasteiger partial charge < -0.3 is 5.11 Å². The second kappa shape index (κ2) is 4.44. The lowest BCUT2D eigenvalue weighted by Gasteiger charge is -2.04. The molecule has 0 aromatic heterocycles. The quantitative estimate of drug-likeness (QED) is 0.274. The van der Waals surface area contributed by atoms with Crippen LogP contribution in [0.4, 0.5) is 0 Å². The molecule has 1 nitrogen and oxygen atoms in total. The molecule has 11 heavy (non-hydrogen) atoms. The van der Waals surface area contributed by atoms with Crippen LogP contribution >= 0.6 is 90.4 Å². The Labute approximate surface area is 119 Å². The van der Waals surface area contributed by atoms with Crippen LogP contribution in [0.25, 0.3) is 0 Å². The van der Waals surface area contributed by atoms with Crippen LogP contribution in [-0.4, -0.2) is 5.11 Å². The Morgan fingerprint density at radius 2 is 1.45 bits per heavy atom. The fourth-order valence-electron chi connectivity index (χ4n) is 0.557. The van der Waals surface area contributed by atoms with Gasteiger partial charge in [0.15, 0.2) is 0 Å². The first-order valence-corrected chi connectivity index (χ1v) is 6.87. The number of hydrogen-bond acceptors (Lipinski definition) is 1. The number of rotatable bonds is 0. The van der Waals surface area contributed by atoms with Crippen molar-refractivity contribution in [3.05, 3.63) is 20.3 Å². The van der Waals surface area contributed by atoms with Crippen molar-refractivity contribution >= 4 is 90.4 Å². The molecule has 0 fully saturated rings. The molecule has 0 spiro atoms. The van der Waals surface area contributed by atoms with Gasteiger partial charge in [-0.1, -0.05) is 0 Å². The topological polar surface area (TPSA) is 20.2 Å². The lowest BCUT2D eigenvalue weighted by molar-refractivity contribution is 0.467. The van der Waals surface area contributed by atoms with E-state index in [2.05, 4.69) is 90.4 Å². The maximum Gasteiger partial charge on any atom is 0.143 e. The Morgan fingerprint density at radius 3 is 2.00 bits per heavy atom. The highest BCUT2D eigenvalue weighted by atomic mass is 127. The number of halogens is 4. The zero-order valence-electron chi connectivity index (χ0n) is 5.04. The first-order valence-electron chi connectivity index (χ1n) is 2.56. The monoisotopic (exact) mass is 598 g/mol. The minimum Gasteiger partial charge on any atom is -0.506 e. The molecule has 0 aliphatic rings. The highest BCUT2D eigenvalue weighted by molar-refractivity contribution is 14.1. The van der Waals surface area contributed by atoms with Gasteiger partial charge in [0, 0.05) is 7.14 Å². The van der Waals surface area contributed by atoms with Crippen molar-refractivity contribution < 1.29 is 5.11 Å². The molecule has 0 aliphatic carbocycles. The molecule has 0 saturated carbocycles. The highest BCUT2D eigenvalue weighted by Crippen LogP contribution is 2.32. The van der Waals surface area contributed by atoms with Crippen LogP contribution in [0.15, 0.2) is 6.07 Å². The SMILES string of the molecule is Oc1c(I)cc(I)c(I)c1I. The summed E-state index contributed by atoms with van der Waals surface area (Å²) in [7, 11) is 0. The summed E-state index contributed by atoms with van der Waals surface area (Å²) in [6.07, 6.45) is 0. The highest BCUT2D eigenvalue weighted by Gasteiger charge is 2.09. The lowest BCUT2D eigenvalue weighted by atomic mass is 10.3. The van der Waals surface area contributed by atoms with E-state index in [1.165, 1.54) is 3.57 Å². The summed E-state index contributed by atoms with van der Waals surface area (Å²) >= 11 is 8.78. The molecule has 0 heterocycles. The first kappa shape index (κ1) is 11.0. The standard InChI is InChI=1S/C6H2I4O/c7-2-1-3(8)6(11)5(10)4(2)9/h1,11H. The van der Waals surface area contributed by atoms with Gasteiger partial charge in [0.1, 0.15) is 5.75 Å². The molecule has 0 atom stereocenters. The third-order valence-corrected chi connectivity index (χ3v) is 7.00. The van der Waals surface area contributed by atoms with Gasteiger partial charge in [-0.15, -0.1) is 0 Å². The molecule has 0 saturated heterocycles. The average Bonchev–Trinajstić information content (AvgIpc) is 1.97. The molecule has 60 valence electrons. The van der Waals surface area contributed by atoms with Gasteiger partial charge in [0.2, 0.25) is 0 Å². The Hall–Kier alpha value is 1.94. The fourth-order valence-corrected chi connectivity index (χ4v) is 4.34. The second-order valence-electron chi connectivity index (χ2n) is 1.82. The Kier molecular flexibility index (Phi) is 4.45. The van der Waals surface area contributed by atoms with E-state index in [4.69, 9.17) is 0 Å². The molecule has 0 aliphatic heterocycles. The second-order valence-corrected chi connectivity index (χ2v) is 6.30. The van der Waals surface area contributed by atoms with Crippen molar-refractivity contribution in [2.24, 2.45) is 0 Å². The minimum absolute atomic E-state index is 0.399. The number of benzene rings is 1. The molecule has 1 N–H and O–H groups in total. The zero-order chi connectivity index (χ0) is 8.59. The number of hydrogen-bond donors (Lipinski definition) is 1. The summed E-state index contributed by atoms with van der Waals surface area (Å²) in [6.45, 7) is 0. The predicted molar refractivity (Wildman–Crippen MR) is 79.0 cm³/mol. The summed E-state index contributed by atoms with van der Waals surface area (Å²) in [5, 5.41) is 9.49. The molecule has 0 bridgehead atoms. The molecule has 1 rings (SSSR count). The van der Waals surface area contributed by atoms with Gasteiger partial charge in [0.05, 0.1) is 7.14 Å². The first-order chi connectivity index (χ1) is 5.04. The zero-order valence-corrected chi connectivity index (χ0v) is 13.7. The molecule has 1 aromatic carbocycles. The minimum atomic E-state index is 0.399. The lowest BCUT2D eigenvalue weighted by Crippen LogP contribution is -1.88. The van der Waals surface area contributed by atoms with Crippen molar-refractivity contribution in [3.63, 3.8) is 0 Å². The van der Waals surface area contributed by atoms with E-state index in [0.29, 0.717) is 5.75 Å². The van der Waals surface area contributed by atoms with Crippen LogP contribution in [0.1, 0.15) is 0 Å². The maximum absolute atomic E-state index is 9.49. The van der Waals surface area contributed by atoms with Crippen LogP contribution in [0.2, 0.25) is 0 Å². The van der Waals surface area contributed by atoms with E-state index < -0.39 is 0 Å². The van der Waals surface area contributed by atoms with Crippen LogP contribution < -0.4 is 0 Å². The van der Waals surface area contributed by atoms with Crippen LogP contribution in [0, 0.1) is 14.3 Å². The Bertz CT molecular complexity index is 271.